The van der Waals surface area contributed by atoms with E-state index in [0.717, 1.165) is 13.0 Å². The van der Waals surface area contributed by atoms with E-state index in [4.69, 9.17) is 4.74 Å². The molecule has 0 aliphatic rings. The number of ether oxygens (including phenoxy) is 1. The summed E-state index contributed by atoms with van der Waals surface area (Å²) in [5.74, 6) is 0. The molecule has 3 heteroatoms. The minimum Gasteiger partial charge on any atom is -0.385 e. The topological polar surface area (TPSA) is 24.5 Å². The highest BCUT2D eigenvalue weighted by atomic mass is 16.5. The Labute approximate surface area is 105 Å². The van der Waals surface area contributed by atoms with Crippen LogP contribution in [0.25, 0.3) is 0 Å². The van der Waals surface area contributed by atoms with E-state index >= 15 is 0 Å². The van der Waals surface area contributed by atoms with Crippen molar-refractivity contribution in [2.75, 3.05) is 38.0 Å². The van der Waals surface area contributed by atoms with E-state index in [1.54, 1.807) is 7.11 Å². The van der Waals surface area contributed by atoms with Crippen LogP contribution in [0.4, 0.5) is 11.4 Å². The van der Waals surface area contributed by atoms with E-state index in [0.29, 0.717) is 6.04 Å². The Balaban J connectivity index is 2.74. The van der Waals surface area contributed by atoms with Crippen molar-refractivity contribution in [3.63, 3.8) is 0 Å². The van der Waals surface area contributed by atoms with E-state index in [1.807, 2.05) is 0 Å². The van der Waals surface area contributed by atoms with Crippen molar-refractivity contribution in [1.29, 1.82) is 0 Å². The van der Waals surface area contributed by atoms with Crippen molar-refractivity contribution in [1.82, 2.24) is 0 Å². The number of methoxy groups -OCH3 is 1. The van der Waals surface area contributed by atoms with E-state index in [1.165, 1.54) is 16.9 Å². The molecule has 1 rings (SSSR count). The molecule has 1 aromatic rings. The van der Waals surface area contributed by atoms with E-state index in [9.17, 15) is 0 Å². The summed E-state index contributed by atoms with van der Waals surface area (Å²) in [5.41, 5.74) is 3.76. The van der Waals surface area contributed by atoms with Gasteiger partial charge in [-0.25, -0.2) is 0 Å². The van der Waals surface area contributed by atoms with Gasteiger partial charge >= 0.3 is 0 Å². The maximum atomic E-state index is 5.09. The molecule has 0 bridgehead atoms. The molecule has 0 saturated heterocycles. The summed E-state index contributed by atoms with van der Waals surface area (Å²) in [6.45, 7) is 5.13. The Bertz CT molecular complexity index is 350. The van der Waals surface area contributed by atoms with Crippen LogP contribution >= 0.6 is 0 Å². The zero-order valence-corrected chi connectivity index (χ0v) is 11.6. The summed E-state index contributed by atoms with van der Waals surface area (Å²) in [6.07, 6.45) is 1.02. The average Bonchev–Trinajstić information content (AvgIpc) is 2.28. The lowest BCUT2D eigenvalue weighted by Crippen LogP contribution is -2.19. The Morgan fingerprint density at radius 2 is 2.06 bits per heavy atom. The number of rotatable bonds is 6. The molecule has 17 heavy (non-hydrogen) atoms. The number of anilines is 2. The average molecular weight is 236 g/mol. The van der Waals surface area contributed by atoms with E-state index in [2.05, 4.69) is 56.4 Å². The molecular formula is C14H24N2O. The fraction of sp³-hybridized carbons (Fsp3) is 0.571. The molecule has 0 aliphatic heterocycles. The van der Waals surface area contributed by atoms with Gasteiger partial charge in [-0.1, -0.05) is 6.07 Å². The Morgan fingerprint density at radius 1 is 1.35 bits per heavy atom. The third-order valence-corrected chi connectivity index (χ3v) is 2.94. The van der Waals surface area contributed by atoms with Crippen molar-refractivity contribution < 1.29 is 4.74 Å². The molecule has 0 fully saturated rings. The standard InChI is InChI=1S/C14H24N2O/c1-11(9-10-17-5)15-13-7-6-8-14(12(13)2)16(3)4/h6-8,11,15H,9-10H2,1-5H3/t11-/m1/s1. The monoisotopic (exact) mass is 236 g/mol. The zero-order chi connectivity index (χ0) is 12.8. The van der Waals surface area contributed by atoms with Crippen LogP contribution in [-0.2, 0) is 4.74 Å². The quantitative estimate of drug-likeness (QED) is 0.822. The van der Waals surface area contributed by atoms with Crippen LogP contribution in [0, 0.1) is 6.92 Å². The fourth-order valence-electron chi connectivity index (χ4n) is 1.90. The van der Waals surface area contributed by atoms with Gasteiger partial charge in [-0.2, -0.15) is 0 Å². The van der Waals surface area contributed by atoms with Crippen LogP contribution in [0.5, 0.6) is 0 Å². The van der Waals surface area contributed by atoms with Crippen LogP contribution in [-0.4, -0.2) is 33.9 Å². The molecule has 1 atom stereocenters. The van der Waals surface area contributed by atoms with Gasteiger partial charge in [0.05, 0.1) is 0 Å². The summed E-state index contributed by atoms with van der Waals surface area (Å²) in [6, 6.07) is 6.78. The minimum atomic E-state index is 0.422. The molecule has 0 aliphatic carbocycles. The number of hydrogen-bond acceptors (Lipinski definition) is 3. The molecule has 0 radical (unpaired) electrons. The number of hydrogen-bond donors (Lipinski definition) is 1. The first-order valence-corrected chi connectivity index (χ1v) is 6.08. The highest BCUT2D eigenvalue weighted by Gasteiger charge is 2.07. The molecule has 1 aromatic carbocycles. The fourth-order valence-corrected chi connectivity index (χ4v) is 1.90. The summed E-state index contributed by atoms with van der Waals surface area (Å²) < 4.78 is 5.09. The summed E-state index contributed by atoms with van der Waals surface area (Å²) >= 11 is 0. The maximum absolute atomic E-state index is 5.09. The van der Waals surface area contributed by atoms with E-state index < -0.39 is 0 Å². The first-order valence-electron chi connectivity index (χ1n) is 6.08. The highest BCUT2D eigenvalue weighted by Crippen LogP contribution is 2.25. The predicted molar refractivity (Wildman–Crippen MR) is 75.1 cm³/mol. The van der Waals surface area contributed by atoms with Crippen LogP contribution in [0.2, 0.25) is 0 Å². The molecule has 0 amide bonds. The van der Waals surface area contributed by atoms with Crippen LogP contribution in [0.3, 0.4) is 0 Å². The Hall–Kier alpha value is -1.22. The number of nitrogens with zero attached hydrogens (tertiary/aromatic N) is 1. The molecule has 0 heterocycles. The van der Waals surface area contributed by atoms with Crippen molar-refractivity contribution in [3.8, 4) is 0 Å². The van der Waals surface area contributed by atoms with Gasteiger partial charge in [0, 0.05) is 45.2 Å². The molecule has 1 N–H and O–H groups in total. The van der Waals surface area contributed by atoms with Crippen molar-refractivity contribution in [3.05, 3.63) is 23.8 Å². The second-order valence-corrected chi connectivity index (χ2v) is 4.67. The number of benzene rings is 1. The first-order chi connectivity index (χ1) is 8.06. The van der Waals surface area contributed by atoms with Crippen molar-refractivity contribution in [2.24, 2.45) is 0 Å². The van der Waals surface area contributed by atoms with Crippen molar-refractivity contribution in [2.45, 2.75) is 26.3 Å². The van der Waals surface area contributed by atoms with Gasteiger partial charge < -0.3 is 15.0 Å². The Kier molecular flexibility index (Phi) is 5.29. The van der Waals surface area contributed by atoms with Crippen molar-refractivity contribution >= 4 is 11.4 Å². The van der Waals surface area contributed by atoms with Gasteiger partial charge in [-0.05, 0) is 38.0 Å². The van der Waals surface area contributed by atoms with Gasteiger partial charge in [0.25, 0.3) is 0 Å². The summed E-state index contributed by atoms with van der Waals surface area (Å²) in [5, 5.41) is 3.53. The lowest BCUT2D eigenvalue weighted by atomic mass is 10.1. The third kappa shape index (κ3) is 3.93. The van der Waals surface area contributed by atoms with Crippen LogP contribution in [0.15, 0.2) is 18.2 Å². The van der Waals surface area contributed by atoms with E-state index in [-0.39, 0.29) is 0 Å². The van der Waals surface area contributed by atoms with Crippen LogP contribution in [0.1, 0.15) is 18.9 Å². The zero-order valence-electron chi connectivity index (χ0n) is 11.6. The molecule has 0 aromatic heterocycles. The summed E-state index contributed by atoms with van der Waals surface area (Å²) in [4.78, 5) is 2.14. The normalized spacial score (nSPS) is 12.3. The highest BCUT2D eigenvalue weighted by molar-refractivity contribution is 5.65. The molecular weight excluding hydrogens is 212 g/mol. The molecule has 0 saturated carbocycles. The van der Waals surface area contributed by atoms with Gasteiger partial charge in [0.15, 0.2) is 0 Å². The predicted octanol–water partition coefficient (Wildman–Crippen LogP) is 2.90. The largest absolute Gasteiger partial charge is 0.385 e. The molecule has 0 unspecified atom stereocenters. The lowest BCUT2D eigenvalue weighted by molar-refractivity contribution is 0.191. The van der Waals surface area contributed by atoms with Gasteiger partial charge in [-0.3, -0.25) is 0 Å². The lowest BCUT2D eigenvalue weighted by Gasteiger charge is -2.21. The second kappa shape index (κ2) is 6.50. The SMILES string of the molecule is COCC[C@@H](C)Nc1cccc(N(C)C)c1C. The number of nitrogens with one attached hydrogen (secondary N) is 1. The van der Waals surface area contributed by atoms with Gasteiger partial charge in [-0.15, -0.1) is 0 Å². The second-order valence-electron chi connectivity index (χ2n) is 4.67. The first kappa shape index (κ1) is 13.8. The van der Waals surface area contributed by atoms with Crippen LogP contribution < -0.4 is 10.2 Å². The smallest absolute Gasteiger partial charge is 0.0481 e. The summed E-state index contributed by atoms with van der Waals surface area (Å²) in [7, 11) is 5.88. The molecule has 3 nitrogen and oxygen atoms in total. The van der Waals surface area contributed by atoms with Gasteiger partial charge in [0.1, 0.15) is 0 Å². The Morgan fingerprint density at radius 3 is 2.65 bits per heavy atom. The molecule has 0 spiro atoms. The molecule has 96 valence electrons. The minimum absolute atomic E-state index is 0.422. The van der Waals surface area contributed by atoms with Gasteiger partial charge in [0.2, 0.25) is 0 Å². The maximum Gasteiger partial charge on any atom is 0.0481 e. The third-order valence-electron chi connectivity index (χ3n) is 2.94.